The standard InChI is InChI=1S/C28H30N2O4/c1-3-7-24-15-22-12-19(13-25(28(22)34-24)20-10-11-30-23(14-20)17-29)18-33-26-9-6-5-8-21(26)16-27(31)32-4-2/h5-6,8-15H,3-4,7,16-18,29H2,1-2H3. The Balaban J connectivity index is 1.67. The Hall–Kier alpha value is -3.64. The fourth-order valence-electron chi connectivity index (χ4n) is 4.01. The molecule has 176 valence electrons. The summed E-state index contributed by atoms with van der Waals surface area (Å²) in [4.78, 5) is 16.3. The fraction of sp³-hybridized carbons (Fsp3) is 0.286. The van der Waals surface area contributed by atoms with E-state index in [2.05, 4.69) is 30.1 Å². The summed E-state index contributed by atoms with van der Waals surface area (Å²) in [7, 11) is 0. The lowest BCUT2D eigenvalue weighted by Gasteiger charge is -2.13. The van der Waals surface area contributed by atoms with Crippen LogP contribution in [0.4, 0.5) is 0 Å². The van der Waals surface area contributed by atoms with Crippen molar-refractivity contribution in [2.45, 2.75) is 46.3 Å². The van der Waals surface area contributed by atoms with Gasteiger partial charge >= 0.3 is 5.97 Å². The van der Waals surface area contributed by atoms with E-state index in [0.29, 0.717) is 25.5 Å². The van der Waals surface area contributed by atoms with Gasteiger partial charge < -0.3 is 19.6 Å². The van der Waals surface area contributed by atoms with Gasteiger partial charge in [0, 0.05) is 35.7 Å². The lowest BCUT2D eigenvalue weighted by Crippen LogP contribution is -2.09. The Morgan fingerprint density at radius 1 is 1.09 bits per heavy atom. The number of rotatable bonds is 10. The molecule has 0 bridgehead atoms. The molecule has 4 aromatic rings. The number of furan rings is 1. The van der Waals surface area contributed by atoms with Gasteiger partial charge in [-0.05, 0) is 60.9 Å². The van der Waals surface area contributed by atoms with Gasteiger partial charge in [0.05, 0.1) is 18.7 Å². The molecule has 2 aromatic heterocycles. The van der Waals surface area contributed by atoms with Crippen LogP contribution in [-0.4, -0.2) is 17.6 Å². The van der Waals surface area contributed by atoms with Crippen LogP contribution >= 0.6 is 0 Å². The lowest BCUT2D eigenvalue weighted by molar-refractivity contribution is -0.142. The molecule has 6 heteroatoms. The van der Waals surface area contributed by atoms with E-state index in [1.54, 1.807) is 13.1 Å². The van der Waals surface area contributed by atoms with Crippen LogP contribution in [0.1, 0.15) is 42.8 Å². The van der Waals surface area contributed by atoms with E-state index in [9.17, 15) is 4.79 Å². The molecule has 2 aromatic carbocycles. The summed E-state index contributed by atoms with van der Waals surface area (Å²) in [6.07, 6.45) is 3.84. The highest BCUT2D eigenvalue weighted by atomic mass is 16.5. The number of nitrogens with two attached hydrogens (primary N) is 1. The maximum absolute atomic E-state index is 12.0. The summed E-state index contributed by atoms with van der Waals surface area (Å²) in [6.45, 7) is 5.02. The minimum absolute atomic E-state index is 0.176. The molecule has 0 fully saturated rings. The number of pyridine rings is 1. The number of aryl methyl sites for hydroxylation is 1. The molecule has 6 nitrogen and oxygen atoms in total. The van der Waals surface area contributed by atoms with Crippen molar-refractivity contribution in [1.29, 1.82) is 0 Å². The molecule has 0 radical (unpaired) electrons. The number of hydrogen-bond acceptors (Lipinski definition) is 6. The normalized spacial score (nSPS) is 11.0. The second-order valence-corrected chi connectivity index (χ2v) is 8.14. The topological polar surface area (TPSA) is 87.6 Å². The molecule has 2 N–H and O–H groups in total. The van der Waals surface area contributed by atoms with E-state index in [4.69, 9.17) is 19.6 Å². The highest BCUT2D eigenvalue weighted by Gasteiger charge is 2.15. The van der Waals surface area contributed by atoms with Crippen LogP contribution in [0.3, 0.4) is 0 Å². The zero-order valence-electron chi connectivity index (χ0n) is 19.7. The Morgan fingerprint density at radius 2 is 1.94 bits per heavy atom. The Labute approximate surface area is 199 Å². The third-order valence-corrected chi connectivity index (χ3v) is 5.57. The fourth-order valence-corrected chi connectivity index (χ4v) is 4.01. The first-order valence-corrected chi connectivity index (χ1v) is 11.7. The minimum atomic E-state index is -0.266. The molecule has 0 spiro atoms. The van der Waals surface area contributed by atoms with Crippen molar-refractivity contribution in [1.82, 2.24) is 4.98 Å². The number of hydrogen-bond donors (Lipinski definition) is 1. The van der Waals surface area contributed by atoms with E-state index in [-0.39, 0.29) is 12.4 Å². The van der Waals surface area contributed by atoms with Gasteiger partial charge in [-0.1, -0.05) is 25.1 Å². The summed E-state index contributed by atoms with van der Waals surface area (Å²) in [5.41, 5.74) is 11.3. The van der Waals surface area contributed by atoms with Gasteiger partial charge in [-0.15, -0.1) is 0 Å². The highest BCUT2D eigenvalue weighted by molar-refractivity contribution is 5.93. The Kier molecular flexibility index (Phi) is 7.60. The quantitative estimate of drug-likeness (QED) is 0.312. The number of fused-ring (bicyclic) bond motifs is 1. The van der Waals surface area contributed by atoms with Crippen molar-refractivity contribution in [3.63, 3.8) is 0 Å². The van der Waals surface area contributed by atoms with Gasteiger partial charge in [0.25, 0.3) is 0 Å². The van der Waals surface area contributed by atoms with Crippen LogP contribution in [0.25, 0.3) is 22.1 Å². The first kappa shape index (κ1) is 23.5. The van der Waals surface area contributed by atoms with Gasteiger partial charge in [-0.25, -0.2) is 0 Å². The van der Waals surface area contributed by atoms with Gasteiger partial charge in [0.1, 0.15) is 23.7 Å². The third kappa shape index (κ3) is 5.46. The van der Waals surface area contributed by atoms with Gasteiger partial charge in [0.2, 0.25) is 0 Å². The van der Waals surface area contributed by atoms with Crippen LogP contribution < -0.4 is 10.5 Å². The molecule has 0 saturated carbocycles. The van der Waals surface area contributed by atoms with Gasteiger partial charge in [-0.2, -0.15) is 0 Å². The zero-order valence-corrected chi connectivity index (χ0v) is 19.7. The molecule has 0 unspecified atom stereocenters. The van der Waals surface area contributed by atoms with E-state index in [1.807, 2.05) is 36.4 Å². The molecule has 0 aliphatic heterocycles. The van der Waals surface area contributed by atoms with E-state index in [0.717, 1.165) is 57.5 Å². The molecule has 0 aliphatic carbocycles. The van der Waals surface area contributed by atoms with Crippen LogP contribution in [-0.2, 0) is 35.5 Å². The predicted octanol–water partition coefficient (Wildman–Crippen LogP) is 5.59. The van der Waals surface area contributed by atoms with Crippen LogP contribution in [0.5, 0.6) is 5.75 Å². The molecule has 4 rings (SSSR count). The number of esters is 1. The number of nitrogens with zero attached hydrogens (tertiary/aromatic N) is 1. The number of carbonyl (C=O) groups is 1. The maximum atomic E-state index is 12.0. The van der Waals surface area contributed by atoms with Gasteiger partial charge in [0.15, 0.2) is 0 Å². The number of para-hydroxylation sites is 1. The van der Waals surface area contributed by atoms with Crippen molar-refractivity contribution < 1.29 is 18.7 Å². The number of ether oxygens (including phenoxy) is 2. The second-order valence-electron chi connectivity index (χ2n) is 8.14. The average molecular weight is 459 g/mol. The molecule has 34 heavy (non-hydrogen) atoms. The smallest absolute Gasteiger partial charge is 0.310 e. The lowest BCUT2D eigenvalue weighted by atomic mass is 10.0. The largest absolute Gasteiger partial charge is 0.489 e. The van der Waals surface area contributed by atoms with E-state index >= 15 is 0 Å². The summed E-state index contributed by atoms with van der Waals surface area (Å²) in [5.74, 6) is 1.37. The minimum Gasteiger partial charge on any atom is -0.489 e. The third-order valence-electron chi connectivity index (χ3n) is 5.57. The van der Waals surface area contributed by atoms with E-state index in [1.165, 1.54) is 0 Å². The molecule has 0 saturated heterocycles. The summed E-state index contributed by atoms with van der Waals surface area (Å²) >= 11 is 0. The molecular formula is C28H30N2O4. The molecule has 0 amide bonds. The number of aromatic nitrogens is 1. The Morgan fingerprint density at radius 3 is 2.74 bits per heavy atom. The molecule has 2 heterocycles. The Bertz CT molecular complexity index is 1280. The highest BCUT2D eigenvalue weighted by Crippen LogP contribution is 2.34. The van der Waals surface area contributed by atoms with Crippen LogP contribution in [0, 0.1) is 0 Å². The van der Waals surface area contributed by atoms with Crippen molar-refractivity contribution in [2.75, 3.05) is 6.61 Å². The zero-order chi connectivity index (χ0) is 23.9. The molecular weight excluding hydrogens is 428 g/mol. The van der Waals surface area contributed by atoms with Crippen molar-refractivity contribution in [3.8, 4) is 16.9 Å². The monoisotopic (exact) mass is 458 g/mol. The van der Waals surface area contributed by atoms with Crippen molar-refractivity contribution in [3.05, 3.63) is 83.4 Å². The first-order chi connectivity index (χ1) is 16.6. The summed E-state index contributed by atoms with van der Waals surface area (Å²) in [6, 6.07) is 17.8. The van der Waals surface area contributed by atoms with Crippen LogP contribution in [0.15, 0.2) is 65.2 Å². The SMILES string of the molecule is CCCc1cc2cc(COc3ccccc3CC(=O)OCC)cc(-c3ccnc(CN)c3)c2o1. The molecule has 0 atom stereocenters. The number of carbonyl (C=O) groups excluding carboxylic acids is 1. The van der Waals surface area contributed by atoms with Crippen LogP contribution in [0.2, 0.25) is 0 Å². The maximum Gasteiger partial charge on any atom is 0.310 e. The van der Waals surface area contributed by atoms with Crippen molar-refractivity contribution in [2.24, 2.45) is 5.73 Å². The van der Waals surface area contributed by atoms with Crippen molar-refractivity contribution >= 4 is 16.9 Å². The van der Waals surface area contributed by atoms with E-state index < -0.39 is 0 Å². The summed E-state index contributed by atoms with van der Waals surface area (Å²) in [5, 5.41) is 1.03. The molecule has 0 aliphatic rings. The summed E-state index contributed by atoms with van der Waals surface area (Å²) < 4.78 is 17.5. The average Bonchev–Trinajstić information content (AvgIpc) is 3.26. The number of benzene rings is 2. The first-order valence-electron chi connectivity index (χ1n) is 11.7. The predicted molar refractivity (Wildman–Crippen MR) is 132 cm³/mol. The second kappa shape index (κ2) is 11.0. The van der Waals surface area contributed by atoms with Gasteiger partial charge in [-0.3, -0.25) is 9.78 Å².